The number of benzene rings is 1. The number of fused-ring (bicyclic) bond motifs is 1. The molecule has 0 fully saturated rings. The average Bonchev–Trinajstić information content (AvgIpc) is 2.29. The highest BCUT2D eigenvalue weighted by Gasteiger charge is 2.41. The summed E-state index contributed by atoms with van der Waals surface area (Å²) in [5, 5.41) is 2.99. The van der Waals surface area contributed by atoms with Gasteiger partial charge in [0.2, 0.25) is 0 Å². The molecular formula is C13H17F2N. The number of rotatable bonds is 3. The van der Waals surface area contributed by atoms with Gasteiger partial charge < -0.3 is 5.32 Å². The lowest BCUT2D eigenvalue weighted by Crippen LogP contribution is -2.55. The van der Waals surface area contributed by atoms with E-state index in [1.165, 1.54) is 5.56 Å². The van der Waals surface area contributed by atoms with Gasteiger partial charge >= 0.3 is 0 Å². The molecule has 0 saturated heterocycles. The summed E-state index contributed by atoms with van der Waals surface area (Å²) in [5.41, 5.74) is 1.27. The van der Waals surface area contributed by atoms with E-state index in [1.54, 1.807) is 0 Å². The zero-order valence-electron chi connectivity index (χ0n) is 9.47. The minimum absolute atomic E-state index is 0.439. The van der Waals surface area contributed by atoms with E-state index in [9.17, 15) is 8.78 Å². The molecule has 0 radical (unpaired) electrons. The highest BCUT2D eigenvalue weighted by molar-refractivity contribution is 5.32. The minimum atomic E-state index is -2.30. The van der Waals surface area contributed by atoms with E-state index >= 15 is 0 Å². The Morgan fingerprint density at radius 1 is 1.31 bits per heavy atom. The molecule has 0 saturated carbocycles. The van der Waals surface area contributed by atoms with Gasteiger partial charge in [-0.15, -0.1) is 0 Å². The number of halogens is 2. The van der Waals surface area contributed by atoms with Crippen LogP contribution in [0.15, 0.2) is 24.3 Å². The first kappa shape index (κ1) is 11.5. The van der Waals surface area contributed by atoms with Gasteiger partial charge in [0, 0.05) is 0 Å². The number of hydrogen-bond donors (Lipinski definition) is 1. The van der Waals surface area contributed by atoms with E-state index in [2.05, 4.69) is 5.32 Å². The Bertz CT molecular complexity index is 365. The van der Waals surface area contributed by atoms with Crippen LogP contribution in [0.5, 0.6) is 0 Å². The SMILES string of the molecule is CCNC1(C(F)F)CCc2ccccc2C1. The number of aryl methyl sites for hydroxylation is 1. The molecule has 0 spiro atoms. The van der Waals surface area contributed by atoms with Crippen molar-refractivity contribution in [3.63, 3.8) is 0 Å². The second kappa shape index (κ2) is 4.50. The zero-order chi connectivity index (χ0) is 11.6. The quantitative estimate of drug-likeness (QED) is 0.834. The summed E-state index contributed by atoms with van der Waals surface area (Å²) in [6, 6.07) is 7.90. The van der Waals surface area contributed by atoms with Crippen LogP contribution in [-0.4, -0.2) is 18.5 Å². The van der Waals surface area contributed by atoms with Gasteiger partial charge in [0.15, 0.2) is 0 Å². The van der Waals surface area contributed by atoms with Gasteiger partial charge in [0.1, 0.15) is 0 Å². The maximum absolute atomic E-state index is 13.2. The van der Waals surface area contributed by atoms with Crippen LogP contribution in [-0.2, 0) is 12.8 Å². The topological polar surface area (TPSA) is 12.0 Å². The van der Waals surface area contributed by atoms with Gasteiger partial charge in [-0.3, -0.25) is 0 Å². The summed E-state index contributed by atoms with van der Waals surface area (Å²) < 4.78 is 26.4. The predicted octanol–water partition coefficient (Wildman–Crippen LogP) is 2.79. The number of nitrogens with one attached hydrogen (secondary N) is 1. The molecule has 1 aliphatic carbocycles. The molecule has 2 rings (SSSR count). The molecule has 0 aromatic heterocycles. The lowest BCUT2D eigenvalue weighted by Gasteiger charge is -2.38. The first-order valence-electron chi connectivity index (χ1n) is 5.78. The average molecular weight is 225 g/mol. The fourth-order valence-electron chi connectivity index (χ4n) is 2.53. The maximum Gasteiger partial charge on any atom is 0.256 e. The minimum Gasteiger partial charge on any atom is -0.306 e. The lowest BCUT2D eigenvalue weighted by molar-refractivity contribution is 0.0218. The van der Waals surface area contributed by atoms with Crippen LogP contribution in [0.25, 0.3) is 0 Å². The molecule has 1 unspecified atom stereocenters. The highest BCUT2D eigenvalue weighted by atomic mass is 19.3. The van der Waals surface area contributed by atoms with Gasteiger partial charge in [-0.05, 0) is 36.9 Å². The summed E-state index contributed by atoms with van der Waals surface area (Å²) in [6.07, 6.45) is -0.599. The van der Waals surface area contributed by atoms with Crippen molar-refractivity contribution >= 4 is 0 Å². The summed E-state index contributed by atoms with van der Waals surface area (Å²) in [5.74, 6) is 0. The third-order valence-electron chi connectivity index (χ3n) is 3.41. The second-order valence-electron chi connectivity index (χ2n) is 4.43. The van der Waals surface area contributed by atoms with Gasteiger partial charge in [-0.2, -0.15) is 0 Å². The third-order valence-corrected chi connectivity index (χ3v) is 3.41. The largest absolute Gasteiger partial charge is 0.306 e. The molecular weight excluding hydrogens is 208 g/mol. The molecule has 1 aromatic carbocycles. The second-order valence-corrected chi connectivity index (χ2v) is 4.43. The van der Waals surface area contributed by atoms with Crippen LogP contribution in [0.3, 0.4) is 0 Å². The van der Waals surface area contributed by atoms with Crippen molar-refractivity contribution in [2.75, 3.05) is 6.54 Å². The van der Waals surface area contributed by atoms with Crippen molar-refractivity contribution in [1.82, 2.24) is 5.32 Å². The molecule has 0 aliphatic heterocycles. The first-order chi connectivity index (χ1) is 7.68. The summed E-state index contributed by atoms with van der Waals surface area (Å²) in [7, 11) is 0. The predicted molar refractivity (Wildman–Crippen MR) is 60.9 cm³/mol. The molecule has 0 bridgehead atoms. The van der Waals surface area contributed by atoms with Crippen molar-refractivity contribution in [2.24, 2.45) is 0 Å². The van der Waals surface area contributed by atoms with Crippen molar-refractivity contribution in [1.29, 1.82) is 0 Å². The third kappa shape index (κ3) is 1.96. The standard InChI is InChI=1S/C13H17F2N/c1-2-16-13(12(14)15)8-7-10-5-3-4-6-11(10)9-13/h3-6,12,16H,2,7-9H2,1H3. The van der Waals surface area contributed by atoms with Crippen molar-refractivity contribution < 1.29 is 8.78 Å². The molecule has 0 heterocycles. The smallest absolute Gasteiger partial charge is 0.256 e. The van der Waals surface area contributed by atoms with Crippen molar-refractivity contribution in [3.8, 4) is 0 Å². The van der Waals surface area contributed by atoms with Gasteiger partial charge in [0.25, 0.3) is 6.43 Å². The molecule has 88 valence electrons. The van der Waals surface area contributed by atoms with Crippen LogP contribution in [0, 0.1) is 0 Å². The Morgan fingerprint density at radius 3 is 2.62 bits per heavy atom. The van der Waals surface area contributed by atoms with E-state index in [4.69, 9.17) is 0 Å². The zero-order valence-corrected chi connectivity index (χ0v) is 9.47. The lowest BCUT2D eigenvalue weighted by atomic mass is 9.78. The molecule has 1 N–H and O–H groups in total. The van der Waals surface area contributed by atoms with E-state index in [1.807, 2.05) is 31.2 Å². The molecule has 16 heavy (non-hydrogen) atoms. The number of likely N-dealkylation sites (N-methyl/N-ethyl adjacent to an activating group) is 1. The maximum atomic E-state index is 13.2. The Hall–Kier alpha value is -0.960. The number of alkyl halides is 2. The van der Waals surface area contributed by atoms with Crippen LogP contribution in [0.2, 0.25) is 0 Å². The van der Waals surface area contributed by atoms with Crippen LogP contribution >= 0.6 is 0 Å². The molecule has 3 heteroatoms. The first-order valence-corrected chi connectivity index (χ1v) is 5.78. The fraction of sp³-hybridized carbons (Fsp3) is 0.538. The highest BCUT2D eigenvalue weighted by Crippen LogP contribution is 2.33. The Kier molecular flexibility index (Phi) is 3.24. The van der Waals surface area contributed by atoms with E-state index in [0.717, 1.165) is 12.0 Å². The summed E-state index contributed by atoms with van der Waals surface area (Å²) >= 11 is 0. The van der Waals surface area contributed by atoms with Crippen LogP contribution < -0.4 is 5.32 Å². The van der Waals surface area contributed by atoms with Gasteiger partial charge in [-0.25, -0.2) is 8.78 Å². The summed E-state index contributed by atoms with van der Waals surface area (Å²) in [6.45, 7) is 2.47. The monoisotopic (exact) mass is 225 g/mol. The van der Waals surface area contributed by atoms with E-state index in [-0.39, 0.29) is 0 Å². The fourth-order valence-corrected chi connectivity index (χ4v) is 2.53. The molecule has 1 nitrogen and oxygen atoms in total. The Labute approximate surface area is 94.9 Å². The molecule has 1 aliphatic rings. The summed E-state index contributed by atoms with van der Waals surface area (Å²) in [4.78, 5) is 0. The molecule has 0 amide bonds. The van der Waals surface area contributed by atoms with Crippen LogP contribution in [0.1, 0.15) is 24.5 Å². The molecule has 1 atom stereocenters. The molecule has 1 aromatic rings. The van der Waals surface area contributed by atoms with E-state index in [0.29, 0.717) is 19.4 Å². The Morgan fingerprint density at radius 2 is 2.00 bits per heavy atom. The number of hydrogen-bond acceptors (Lipinski definition) is 1. The normalized spacial score (nSPS) is 24.5. The van der Waals surface area contributed by atoms with Gasteiger partial charge in [0.05, 0.1) is 5.54 Å². The Balaban J connectivity index is 2.27. The van der Waals surface area contributed by atoms with Crippen LogP contribution in [0.4, 0.5) is 8.78 Å². The van der Waals surface area contributed by atoms with E-state index < -0.39 is 12.0 Å². The van der Waals surface area contributed by atoms with Crippen molar-refractivity contribution in [3.05, 3.63) is 35.4 Å². The van der Waals surface area contributed by atoms with Crippen molar-refractivity contribution in [2.45, 2.75) is 38.2 Å². The van der Waals surface area contributed by atoms with Gasteiger partial charge in [-0.1, -0.05) is 31.2 Å².